The van der Waals surface area contributed by atoms with Gasteiger partial charge in [0.1, 0.15) is 0 Å². The predicted molar refractivity (Wildman–Crippen MR) is 86.4 cm³/mol. The molecular weight excluding hydrogens is 366 g/mol. The van der Waals surface area contributed by atoms with E-state index in [0.29, 0.717) is 10.7 Å². The summed E-state index contributed by atoms with van der Waals surface area (Å²) in [4.78, 5) is 15.4. The van der Waals surface area contributed by atoms with Crippen LogP contribution in [0.2, 0.25) is 10.0 Å². The average Bonchev–Trinajstić information content (AvgIpc) is 2.50. The number of alkyl halides is 3. The molecule has 2 rings (SSSR count). The van der Waals surface area contributed by atoms with Crippen molar-refractivity contribution < 1.29 is 18.0 Å². The second kappa shape index (κ2) is 7.72. The molecule has 9 heteroatoms. The number of hydrogen-bond acceptors (Lipinski definition) is 2. The summed E-state index contributed by atoms with van der Waals surface area (Å²) in [6.45, 7) is 0.164. The van der Waals surface area contributed by atoms with Gasteiger partial charge >= 0.3 is 12.2 Å². The lowest BCUT2D eigenvalue weighted by molar-refractivity contribution is -0.137. The van der Waals surface area contributed by atoms with Crippen molar-refractivity contribution in [1.29, 1.82) is 0 Å². The fourth-order valence-corrected chi connectivity index (χ4v) is 2.19. The first-order chi connectivity index (χ1) is 11.3. The summed E-state index contributed by atoms with van der Waals surface area (Å²) >= 11 is 11.5. The van der Waals surface area contributed by atoms with E-state index in [1.165, 1.54) is 0 Å². The monoisotopic (exact) mass is 377 g/mol. The lowest BCUT2D eigenvalue weighted by Crippen LogP contribution is -2.30. The van der Waals surface area contributed by atoms with Gasteiger partial charge in [0.15, 0.2) is 0 Å². The summed E-state index contributed by atoms with van der Waals surface area (Å²) in [6.07, 6.45) is -3.58. The third kappa shape index (κ3) is 5.28. The third-order valence-corrected chi connectivity index (χ3v) is 3.57. The number of nitrogens with zero attached hydrogens (tertiary/aromatic N) is 1. The van der Waals surface area contributed by atoms with E-state index in [1.807, 2.05) is 0 Å². The molecule has 0 fully saturated rings. The quantitative estimate of drug-likeness (QED) is 0.805. The minimum absolute atomic E-state index is 0.0928. The van der Waals surface area contributed by atoms with Crippen molar-refractivity contribution in [3.63, 3.8) is 0 Å². The Morgan fingerprint density at radius 2 is 1.83 bits per heavy atom. The van der Waals surface area contributed by atoms with Gasteiger partial charge < -0.3 is 10.6 Å². The minimum Gasteiger partial charge on any atom is -0.337 e. The van der Waals surface area contributed by atoms with Crippen molar-refractivity contribution in [1.82, 2.24) is 10.3 Å². The Bertz CT molecular complexity index is 721. The molecule has 24 heavy (non-hydrogen) atoms. The van der Waals surface area contributed by atoms with Crippen LogP contribution in [0.5, 0.6) is 0 Å². The smallest absolute Gasteiger partial charge is 0.337 e. The highest BCUT2D eigenvalue weighted by Crippen LogP contribution is 2.31. The van der Waals surface area contributed by atoms with Gasteiger partial charge in [-0.3, -0.25) is 4.98 Å². The number of carbonyl (C=O) groups is 1. The first-order valence-electron chi connectivity index (χ1n) is 6.78. The van der Waals surface area contributed by atoms with Crippen LogP contribution in [0.25, 0.3) is 0 Å². The summed E-state index contributed by atoms with van der Waals surface area (Å²) in [5, 5.41) is 5.60. The van der Waals surface area contributed by atoms with Crippen LogP contribution < -0.4 is 10.6 Å². The second-order valence-corrected chi connectivity index (χ2v) is 5.63. The minimum atomic E-state index is -4.49. The van der Waals surface area contributed by atoms with Gasteiger partial charge in [-0.15, -0.1) is 0 Å². The number of halogens is 5. The number of rotatable bonds is 4. The van der Waals surface area contributed by atoms with Crippen LogP contribution in [0.3, 0.4) is 0 Å². The highest BCUT2D eigenvalue weighted by atomic mass is 35.5. The van der Waals surface area contributed by atoms with E-state index in [4.69, 9.17) is 23.2 Å². The molecule has 0 saturated carbocycles. The zero-order valence-corrected chi connectivity index (χ0v) is 13.6. The average molecular weight is 378 g/mol. The Morgan fingerprint density at radius 1 is 1.17 bits per heavy atom. The molecule has 2 amide bonds. The number of hydrogen-bond donors (Lipinski definition) is 2. The van der Waals surface area contributed by atoms with Gasteiger partial charge in [0.2, 0.25) is 0 Å². The molecule has 1 heterocycles. The summed E-state index contributed by atoms with van der Waals surface area (Å²) in [5.41, 5.74) is -0.0799. The van der Waals surface area contributed by atoms with Gasteiger partial charge in [0.05, 0.1) is 16.3 Å². The lowest BCUT2D eigenvalue weighted by atomic mass is 10.2. The zero-order chi connectivity index (χ0) is 17.7. The van der Waals surface area contributed by atoms with Crippen LogP contribution in [0, 0.1) is 0 Å². The molecule has 2 aromatic rings. The molecule has 0 aliphatic heterocycles. The number of urea groups is 1. The number of anilines is 1. The van der Waals surface area contributed by atoms with Gasteiger partial charge in [-0.1, -0.05) is 23.2 Å². The zero-order valence-electron chi connectivity index (χ0n) is 12.1. The molecule has 0 saturated heterocycles. The molecule has 0 aliphatic carbocycles. The van der Waals surface area contributed by atoms with E-state index in [2.05, 4.69) is 15.6 Å². The van der Waals surface area contributed by atoms with Crippen molar-refractivity contribution in [3.05, 3.63) is 57.8 Å². The fraction of sp³-hybridized carbons (Fsp3) is 0.200. The number of benzene rings is 1. The molecule has 0 aliphatic rings. The first kappa shape index (κ1) is 18.4. The summed E-state index contributed by atoms with van der Waals surface area (Å²) in [6, 6.07) is 6.89. The van der Waals surface area contributed by atoms with E-state index in [-0.39, 0.29) is 23.7 Å². The number of nitrogens with one attached hydrogen (secondary N) is 2. The Kier molecular flexibility index (Phi) is 5.90. The van der Waals surface area contributed by atoms with E-state index in [1.54, 1.807) is 24.3 Å². The highest BCUT2D eigenvalue weighted by molar-refractivity contribution is 6.31. The summed E-state index contributed by atoms with van der Waals surface area (Å²) in [7, 11) is 0. The van der Waals surface area contributed by atoms with Crippen LogP contribution in [-0.4, -0.2) is 17.6 Å². The van der Waals surface area contributed by atoms with Gasteiger partial charge in [-0.25, -0.2) is 4.79 Å². The molecule has 1 aromatic heterocycles. The number of amides is 2. The Balaban J connectivity index is 1.85. The number of carbonyl (C=O) groups excluding carboxylic acids is 1. The maximum atomic E-state index is 12.5. The van der Waals surface area contributed by atoms with Crippen molar-refractivity contribution in [2.75, 3.05) is 11.9 Å². The largest absolute Gasteiger partial charge is 0.417 e. The molecule has 128 valence electrons. The first-order valence-corrected chi connectivity index (χ1v) is 7.53. The molecule has 0 bridgehead atoms. The van der Waals surface area contributed by atoms with Crippen LogP contribution in [0.15, 0.2) is 36.5 Å². The topological polar surface area (TPSA) is 54.0 Å². The summed E-state index contributed by atoms with van der Waals surface area (Å²) in [5.74, 6) is 0. The highest BCUT2D eigenvalue weighted by Gasteiger charge is 2.31. The van der Waals surface area contributed by atoms with Crippen LogP contribution in [0.1, 0.15) is 11.3 Å². The Hall–Kier alpha value is -1.99. The maximum Gasteiger partial charge on any atom is 0.417 e. The third-order valence-electron chi connectivity index (χ3n) is 2.99. The maximum absolute atomic E-state index is 12.5. The second-order valence-electron chi connectivity index (χ2n) is 4.79. The Morgan fingerprint density at radius 3 is 2.42 bits per heavy atom. The molecule has 0 unspecified atom stereocenters. The molecular formula is C15H12Cl2F3N3O. The standard InChI is InChI=1S/C15H12Cl2F3N3O/c16-10-1-3-11(4-2-10)23-14(24)21-6-5-13-12(17)7-9(8-22-13)15(18,19)20/h1-4,7-8H,5-6H2,(H2,21,23,24). The van der Waals surface area contributed by atoms with Crippen LogP contribution in [0.4, 0.5) is 23.7 Å². The fourth-order valence-electron chi connectivity index (χ4n) is 1.81. The molecule has 0 radical (unpaired) electrons. The van der Waals surface area contributed by atoms with E-state index >= 15 is 0 Å². The van der Waals surface area contributed by atoms with Gasteiger partial charge in [0.25, 0.3) is 0 Å². The Labute approximate surface area is 146 Å². The molecule has 0 atom stereocenters. The molecule has 2 N–H and O–H groups in total. The predicted octanol–water partition coefficient (Wildman–Crippen LogP) is 4.77. The van der Waals surface area contributed by atoms with Gasteiger partial charge in [0, 0.05) is 29.9 Å². The number of aromatic nitrogens is 1. The normalized spacial score (nSPS) is 11.2. The van der Waals surface area contributed by atoms with Crippen molar-refractivity contribution in [3.8, 4) is 0 Å². The van der Waals surface area contributed by atoms with E-state index in [9.17, 15) is 18.0 Å². The van der Waals surface area contributed by atoms with Crippen LogP contribution >= 0.6 is 23.2 Å². The SMILES string of the molecule is O=C(NCCc1ncc(C(F)(F)F)cc1Cl)Nc1ccc(Cl)cc1. The van der Waals surface area contributed by atoms with Crippen LogP contribution in [-0.2, 0) is 12.6 Å². The van der Waals surface area contributed by atoms with Crippen molar-refractivity contribution in [2.24, 2.45) is 0 Å². The van der Waals surface area contributed by atoms with Gasteiger partial charge in [-0.2, -0.15) is 13.2 Å². The molecule has 1 aromatic carbocycles. The molecule has 0 spiro atoms. The van der Waals surface area contributed by atoms with Crippen molar-refractivity contribution >= 4 is 34.9 Å². The lowest BCUT2D eigenvalue weighted by Gasteiger charge is -2.10. The van der Waals surface area contributed by atoms with Crippen molar-refractivity contribution in [2.45, 2.75) is 12.6 Å². The van der Waals surface area contributed by atoms with E-state index in [0.717, 1.165) is 12.3 Å². The van der Waals surface area contributed by atoms with E-state index < -0.39 is 17.8 Å². The summed E-state index contributed by atoms with van der Waals surface area (Å²) < 4.78 is 37.6. The van der Waals surface area contributed by atoms with Gasteiger partial charge in [-0.05, 0) is 30.3 Å². The number of pyridine rings is 1. The molecule has 4 nitrogen and oxygen atoms in total.